The molecule has 0 saturated heterocycles. The lowest BCUT2D eigenvalue weighted by Crippen LogP contribution is -2.68. The summed E-state index contributed by atoms with van der Waals surface area (Å²) < 4.78 is 39.9. The van der Waals surface area contributed by atoms with Crippen LogP contribution >= 0.6 is 14.1 Å². The first kappa shape index (κ1) is 35.9. The van der Waals surface area contributed by atoms with Gasteiger partial charge in [0.15, 0.2) is 12.6 Å². The van der Waals surface area contributed by atoms with E-state index in [0.717, 1.165) is 31.8 Å². The predicted octanol–water partition coefficient (Wildman–Crippen LogP) is 1.36. The fraction of sp³-hybridized carbons (Fsp3) is 0. The van der Waals surface area contributed by atoms with Crippen molar-refractivity contribution < 1.29 is 43.2 Å². The van der Waals surface area contributed by atoms with E-state index in [2.05, 4.69) is 72.8 Å². The van der Waals surface area contributed by atoms with Crippen molar-refractivity contribution in [1.29, 1.82) is 0 Å². The van der Waals surface area contributed by atoms with Gasteiger partial charge in [-0.3, -0.25) is 0 Å². The van der Waals surface area contributed by atoms with Crippen LogP contribution in [0.4, 0.5) is 0 Å². The van der Waals surface area contributed by atoms with Gasteiger partial charge in [-0.2, -0.15) is 0 Å². The minimum Gasteiger partial charge on any atom is -0.383 e. The third kappa shape index (κ3) is 7.29. The van der Waals surface area contributed by atoms with E-state index in [9.17, 15) is 9.59 Å². The van der Waals surface area contributed by atoms with Gasteiger partial charge in [-0.05, 0) is 59.2 Å². The standard InChI is InChI=1S/C41H31O3P2.ClHO4/c42-40-38(45(32-19-7-1-8-20-32,33-21-9-2-10-22-33)34-23-11-3-12-24-34)31-39(41(43)44-40)46(35-25-13-4-14-26-35,36-27-15-5-16-28-36)37-29-17-6-18-30-37;2-1(3,4)5/h1-31H;(H,2,3,4,5)/q+1;/p-1. The maximum atomic E-state index is 14.4. The molecule has 254 valence electrons. The number of carbonyl (C=O) groups is 2. The number of cyclic esters (lactones) is 2. The highest BCUT2D eigenvalue weighted by Crippen LogP contribution is 2.64. The van der Waals surface area contributed by atoms with Crippen molar-refractivity contribution in [3.05, 3.63) is 193 Å². The lowest BCUT2D eigenvalue weighted by molar-refractivity contribution is -2.00. The fourth-order valence-electron chi connectivity index (χ4n) is 6.54. The second-order valence-electron chi connectivity index (χ2n) is 11.3. The number of rotatable bonds is 7. The molecule has 1 heterocycles. The van der Waals surface area contributed by atoms with Gasteiger partial charge in [0.1, 0.15) is 15.9 Å². The Balaban J connectivity index is 0.000000839. The zero-order valence-corrected chi connectivity index (χ0v) is 29.6. The Hall–Kier alpha value is -4.94. The summed E-state index contributed by atoms with van der Waals surface area (Å²) in [6.07, 6.45) is 1.91. The number of esters is 2. The first-order valence-corrected chi connectivity index (χ1v) is 20.6. The van der Waals surface area contributed by atoms with Crippen LogP contribution < -0.4 is 50.5 Å². The molecule has 0 saturated carbocycles. The third-order valence-corrected chi connectivity index (χ3v) is 17.0. The van der Waals surface area contributed by atoms with Crippen LogP contribution in [0.1, 0.15) is 0 Å². The Morgan fingerprint density at radius 3 is 1.00 bits per heavy atom. The van der Waals surface area contributed by atoms with Crippen molar-refractivity contribution in [2.75, 3.05) is 0 Å². The Labute approximate surface area is 298 Å². The van der Waals surface area contributed by atoms with Crippen LogP contribution in [-0.2, 0) is 14.3 Å². The molecule has 0 aliphatic carbocycles. The predicted molar refractivity (Wildman–Crippen MR) is 194 cm³/mol. The van der Waals surface area contributed by atoms with Crippen LogP contribution in [0.5, 0.6) is 0 Å². The highest BCUT2D eigenvalue weighted by Gasteiger charge is 2.56. The van der Waals surface area contributed by atoms with Gasteiger partial charge >= 0.3 is 11.9 Å². The van der Waals surface area contributed by atoms with Gasteiger partial charge in [0, 0.05) is 6.08 Å². The molecule has 6 aromatic rings. The molecule has 0 N–H and O–H groups in total. The maximum absolute atomic E-state index is 14.4. The van der Waals surface area contributed by atoms with Crippen molar-refractivity contribution >= 4 is 63.2 Å². The molecule has 0 bridgehead atoms. The van der Waals surface area contributed by atoms with E-state index >= 15 is 0 Å². The average Bonchev–Trinajstić information content (AvgIpc) is 3.16. The summed E-state index contributed by atoms with van der Waals surface area (Å²) in [5.74, 6) is -1.21. The molecule has 0 unspecified atom stereocenters. The molecule has 0 atom stereocenters. The van der Waals surface area contributed by atoms with Crippen LogP contribution in [0.3, 0.4) is 0 Å². The van der Waals surface area contributed by atoms with E-state index in [-0.39, 0.29) is 0 Å². The molecule has 10 heteroatoms. The molecule has 6 aromatic carbocycles. The molecule has 1 aliphatic heterocycles. The summed E-state index contributed by atoms with van der Waals surface area (Å²) in [5, 5.41) is 7.04. The highest BCUT2D eigenvalue weighted by atomic mass is 35.7. The molecule has 0 aromatic heterocycles. The summed E-state index contributed by atoms with van der Waals surface area (Å²) in [5.41, 5.74) is 0. The second kappa shape index (κ2) is 15.5. The topological polar surface area (TPSA) is 136 Å². The van der Waals surface area contributed by atoms with Gasteiger partial charge in [0.05, 0.1) is 5.29 Å². The summed E-state index contributed by atoms with van der Waals surface area (Å²) in [6, 6.07) is 61.1. The summed E-state index contributed by atoms with van der Waals surface area (Å²) in [6.45, 7) is -2.86. The summed E-state index contributed by atoms with van der Waals surface area (Å²) in [7, 11) is -7.81. The third-order valence-electron chi connectivity index (χ3n) is 8.46. The minimum absolute atomic E-state index is 0.498. The fourth-order valence-corrected chi connectivity index (χ4v) is 15.1. The zero-order valence-electron chi connectivity index (χ0n) is 27.0. The van der Waals surface area contributed by atoms with E-state index in [1.807, 2.05) is 115 Å². The van der Waals surface area contributed by atoms with E-state index in [1.165, 1.54) is 0 Å². The van der Waals surface area contributed by atoms with E-state index < -0.39 is 36.3 Å². The minimum atomic E-state index is -4.94. The maximum Gasteiger partial charge on any atom is 0.382 e. The quantitative estimate of drug-likeness (QED) is 0.138. The largest absolute Gasteiger partial charge is 0.383 e. The molecule has 7 rings (SSSR count). The molecule has 1 aliphatic rings. The first-order chi connectivity index (χ1) is 24.7. The SMILES string of the molecule is O=C1OC(=O)C(=P(c2ccccc2)(c2ccccc2)c2ccccc2)C=C1[P+](c1ccccc1)(c1ccccc1)c1ccccc1.[O-][Cl+3]([O-])([O-])[O-]. The van der Waals surface area contributed by atoms with Crippen LogP contribution in [0.25, 0.3) is 0 Å². The number of hydrogen-bond acceptors (Lipinski definition) is 7. The Kier molecular flexibility index (Phi) is 10.9. The molecule has 51 heavy (non-hydrogen) atoms. The van der Waals surface area contributed by atoms with Crippen LogP contribution in [0.2, 0.25) is 0 Å². The molecule has 0 amide bonds. The van der Waals surface area contributed by atoms with Gasteiger partial charge < -0.3 is 4.74 Å². The van der Waals surface area contributed by atoms with Crippen LogP contribution in [-0.4, -0.2) is 17.2 Å². The van der Waals surface area contributed by atoms with Crippen molar-refractivity contribution in [2.45, 2.75) is 0 Å². The Bertz CT molecular complexity index is 1990. The Morgan fingerprint density at radius 2 is 0.706 bits per heavy atom. The van der Waals surface area contributed by atoms with Gasteiger partial charge in [0.25, 0.3) is 0 Å². The zero-order chi connectivity index (χ0) is 35.9. The van der Waals surface area contributed by atoms with Gasteiger partial charge in [0.2, 0.25) is 0 Å². The molecule has 0 spiro atoms. The van der Waals surface area contributed by atoms with E-state index in [0.29, 0.717) is 10.6 Å². The lowest BCUT2D eigenvalue weighted by atomic mass is 10.3. The van der Waals surface area contributed by atoms with Crippen molar-refractivity contribution in [3.8, 4) is 0 Å². The summed E-state index contributed by atoms with van der Waals surface area (Å²) in [4.78, 5) is 28.7. The smallest absolute Gasteiger partial charge is 0.382 e. The molecular weight excluding hydrogens is 702 g/mol. The molecule has 0 fully saturated rings. The number of hydrogen-bond donors (Lipinski definition) is 0. The van der Waals surface area contributed by atoms with Gasteiger partial charge in [-0.15, -0.1) is 10.2 Å². The number of carbonyl (C=O) groups excluding carboxylic acids is 2. The Morgan fingerprint density at radius 1 is 0.431 bits per heavy atom. The van der Waals surface area contributed by atoms with Gasteiger partial charge in [-0.1, -0.05) is 146 Å². The van der Waals surface area contributed by atoms with Crippen molar-refractivity contribution in [3.63, 3.8) is 0 Å². The number of halogens is 1. The molecule has 0 radical (unpaired) electrons. The normalized spacial score (nSPS) is 13.4. The monoisotopic (exact) mass is 732 g/mol. The summed E-state index contributed by atoms with van der Waals surface area (Å²) >= 11 is 0. The number of ether oxygens (including phenoxy) is 1. The lowest BCUT2D eigenvalue weighted by Gasteiger charge is -2.34. The molecular formula is C41H31ClO7P2. The second-order valence-corrected chi connectivity index (χ2v) is 18.8. The highest BCUT2D eigenvalue weighted by molar-refractivity contribution is 8.00. The van der Waals surface area contributed by atoms with Crippen LogP contribution in [0.15, 0.2) is 193 Å². The number of benzene rings is 6. The average molecular weight is 733 g/mol. The van der Waals surface area contributed by atoms with E-state index in [4.69, 9.17) is 23.4 Å². The van der Waals surface area contributed by atoms with Gasteiger partial charge in [-0.25, -0.2) is 28.2 Å². The van der Waals surface area contributed by atoms with Crippen LogP contribution in [0, 0.1) is 10.2 Å². The van der Waals surface area contributed by atoms with Crippen molar-refractivity contribution in [1.82, 2.24) is 0 Å². The molecule has 7 nitrogen and oxygen atoms in total. The first-order valence-electron chi connectivity index (χ1n) is 15.8. The van der Waals surface area contributed by atoms with E-state index in [1.54, 1.807) is 0 Å². The van der Waals surface area contributed by atoms with Crippen molar-refractivity contribution in [2.24, 2.45) is 0 Å².